The van der Waals surface area contributed by atoms with Crippen molar-refractivity contribution in [1.29, 1.82) is 0 Å². The van der Waals surface area contributed by atoms with Crippen LogP contribution in [0.2, 0.25) is 0 Å². The van der Waals surface area contributed by atoms with Crippen molar-refractivity contribution in [2.45, 2.75) is 18.9 Å². The van der Waals surface area contributed by atoms with Crippen molar-refractivity contribution in [3.8, 4) is 5.75 Å². The lowest BCUT2D eigenvalue weighted by Gasteiger charge is -2.16. The first-order chi connectivity index (χ1) is 9.42. The van der Waals surface area contributed by atoms with E-state index >= 15 is 0 Å². The summed E-state index contributed by atoms with van der Waals surface area (Å²) in [6.45, 7) is 1.47. The number of hydrogen-bond acceptors (Lipinski definition) is 4. The van der Waals surface area contributed by atoms with Crippen LogP contribution in [0.1, 0.15) is 18.9 Å². The Balaban J connectivity index is 0.000000690. The summed E-state index contributed by atoms with van der Waals surface area (Å²) in [5.41, 5.74) is 5.20. The van der Waals surface area contributed by atoms with Gasteiger partial charge in [-0.05, 0) is 31.0 Å². The first-order valence-corrected chi connectivity index (χ1v) is 7.24. The number of phosphoric acid groups is 1. The second-order valence-electron chi connectivity index (χ2n) is 4.43. The number of carbonyl (C=O) groups is 1. The van der Waals surface area contributed by atoms with Gasteiger partial charge in [0.1, 0.15) is 11.3 Å². The van der Waals surface area contributed by atoms with E-state index in [-0.39, 0.29) is 12.2 Å². The predicted octanol–water partition coefficient (Wildman–Crippen LogP) is 0.669. The van der Waals surface area contributed by atoms with Crippen molar-refractivity contribution in [2.75, 3.05) is 0 Å². The molecule has 1 rings (SSSR count). The van der Waals surface area contributed by atoms with Gasteiger partial charge in [-0.2, -0.15) is 0 Å². The molecule has 0 aromatic heterocycles. The van der Waals surface area contributed by atoms with Gasteiger partial charge in [0, 0.05) is 0 Å². The van der Waals surface area contributed by atoms with Gasteiger partial charge in [0.05, 0.1) is 0 Å². The molecule has 0 saturated heterocycles. The standard InChI is InChI=1S/C12H15NO3.H3O4P/c1-12(13,11(15)16)8-2-3-9-4-6-10(14)7-5-9;1-5(2,3)4/h2-7,14H,8,13H2,1H3,(H,15,16);(H3,1,2,3,4)/b3-2+;. The number of aliphatic carboxylic acids is 1. The van der Waals surface area contributed by atoms with Crippen molar-refractivity contribution in [3.05, 3.63) is 35.9 Å². The minimum absolute atomic E-state index is 0.200. The van der Waals surface area contributed by atoms with E-state index in [1.165, 1.54) is 6.92 Å². The molecule has 1 atom stereocenters. The molecular formula is C12H18NO7P. The number of benzene rings is 1. The monoisotopic (exact) mass is 319 g/mol. The summed E-state index contributed by atoms with van der Waals surface area (Å²) < 4.78 is 8.88. The average Bonchev–Trinajstić information content (AvgIpc) is 2.29. The van der Waals surface area contributed by atoms with Gasteiger partial charge >= 0.3 is 13.8 Å². The molecule has 7 N–H and O–H groups in total. The lowest BCUT2D eigenvalue weighted by atomic mass is 9.99. The van der Waals surface area contributed by atoms with Crippen LogP contribution < -0.4 is 5.73 Å². The minimum Gasteiger partial charge on any atom is -0.508 e. The average molecular weight is 319 g/mol. The van der Waals surface area contributed by atoms with Crippen LogP contribution in [-0.4, -0.2) is 36.4 Å². The second-order valence-corrected chi connectivity index (χ2v) is 5.46. The van der Waals surface area contributed by atoms with Crippen molar-refractivity contribution in [3.63, 3.8) is 0 Å². The zero-order chi connectivity index (χ0) is 16.7. The fourth-order valence-corrected chi connectivity index (χ4v) is 1.11. The fourth-order valence-electron chi connectivity index (χ4n) is 1.11. The highest BCUT2D eigenvalue weighted by atomic mass is 31.2. The summed E-state index contributed by atoms with van der Waals surface area (Å²) >= 11 is 0. The molecule has 8 nitrogen and oxygen atoms in total. The van der Waals surface area contributed by atoms with Gasteiger partial charge < -0.3 is 30.6 Å². The first kappa shape index (κ1) is 19.3. The van der Waals surface area contributed by atoms with Gasteiger partial charge in [0.15, 0.2) is 0 Å². The molecule has 0 spiro atoms. The number of rotatable bonds is 4. The topological polar surface area (TPSA) is 161 Å². The lowest BCUT2D eigenvalue weighted by molar-refractivity contribution is -0.142. The van der Waals surface area contributed by atoms with Crippen molar-refractivity contribution in [2.24, 2.45) is 5.73 Å². The van der Waals surface area contributed by atoms with Crippen molar-refractivity contribution < 1.29 is 34.3 Å². The van der Waals surface area contributed by atoms with E-state index in [9.17, 15) is 4.79 Å². The Morgan fingerprint density at radius 2 is 1.71 bits per heavy atom. The molecule has 118 valence electrons. The SMILES string of the molecule is CC(N)(C/C=C/c1ccc(O)cc1)C(=O)O.O=P(O)(O)O. The molecule has 1 aromatic carbocycles. The van der Waals surface area contributed by atoms with Crippen molar-refractivity contribution >= 4 is 19.9 Å². The quantitative estimate of drug-likeness (QED) is 0.441. The maximum Gasteiger partial charge on any atom is 0.466 e. The molecule has 1 aromatic rings. The Labute approximate surface area is 121 Å². The Bertz CT molecular complexity index is 525. The molecule has 21 heavy (non-hydrogen) atoms. The van der Waals surface area contributed by atoms with Crippen LogP contribution in [0, 0.1) is 0 Å². The fraction of sp³-hybridized carbons (Fsp3) is 0.250. The zero-order valence-electron chi connectivity index (χ0n) is 11.2. The largest absolute Gasteiger partial charge is 0.508 e. The maximum atomic E-state index is 10.7. The highest BCUT2D eigenvalue weighted by molar-refractivity contribution is 7.45. The van der Waals surface area contributed by atoms with Gasteiger partial charge in [-0.15, -0.1) is 0 Å². The highest BCUT2D eigenvalue weighted by Crippen LogP contribution is 2.25. The second kappa shape index (κ2) is 7.92. The third-order valence-corrected chi connectivity index (χ3v) is 2.23. The summed E-state index contributed by atoms with van der Waals surface area (Å²) in [6.07, 6.45) is 3.73. The number of aromatic hydroxyl groups is 1. The minimum atomic E-state index is -4.64. The summed E-state index contributed by atoms with van der Waals surface area (Å²) in [5, 5.41) is 17.8. The molecule has 0 radical (unpaired) electrons. The van der Waals surface area contributed by atoms with Crippen LogP contribution in [0.5, 0.6) is 5.75 Å². The van der Waals surface area contributed by atoms with E-state index in [2.05, 4.69) is 0 Å². The van der Waals surface area contributed by atoms with E-state index < -0.39 is 19.3 Å². The Morgan fingerprint density at radius 1 is 1.29 bits per heavy atom. The molecule has 0 bridgehead atoms. The molecular weight excluding hydrogens is 301 g/mol. The molecule has 1 unspecified atom stereocenters. The Hall–Kier alpha value is -1.70. The van der Waals surface area contributed by atoms with Gasteiger partial charge in [-0.3, -0.25) is 4.79 Å². The zero-order valence-corrected chi connectivity index (χ0v) is 12.1. The maximum absolute atomic E-state index is 10.7. The summed E-state index contributed by atoms with van der Waals surface area (Å²) in [5.74, 6) is -0.825. The predicted molar refractivity (Wildman–Crippen MR) is 76.2 cm³/mol. The Morgan fingerprint density at radius 3 is 2.10 bits per heavy atom. The molecule has 0 aliphatic rings. The smallest absolute Gasteiger partial charge is 0.466 e. The van der Waals surface area contributed by atoms with Crippen LogP contribution in [0.3, 0.4) is 0 Å². The van der Waals surface area contributed by atoms with E-state index in [1.54, 1.807) is 36.4 Å². The van der Waals surface area contributed by atoms with Gasteiger partial charge in [-0.25, -0.2) is 4.57 Å². The molecule has 0 aliphatic carbocycles. The number of hydrogen-bond donors (Lipinski definition) is 6. The first-order valence-electron chi connectivity index (χ1n) is 5.68. The van der Waals surface area contributed by atoms with Crippen LogP contribution >= 0.6 is 7.82 Å². The number of carboxylic acid groups (broad SMARTS) is 1. The van der Waals surface area contributed by atoms with E-state index in [0.717, 1.165) is 5.56 Å². The molecule has 0 aliphatic heterocycles. The lowest BCUT2D eigenvalue weighted by Crippen LogP contribution is -2.44. The summed E-state index contributed by atoms with van der Waals surface area (Å²) in [7, 11) is -4.64. The molecule has 0 saturated carbocycles. The number of carboxylic acids is 1. The molecule has 0 fully saturated rings. The summed E-state index contributed by atoms with van der Waals surface area (Å²) in [6, 6.07) is 6.61. The van der Waals surface area contributed by atoms with E-state index in [1.807, 2.05) is 0 Å². The molecule has 9 heteroatoms. The van der Waals surface area contributed by atoms with Gasteiger partial charge in [0.2, 0.25) is 0 Å². The Kier molecular flexibility index (Phi) is 7.28. The van der Waals surface area contributed by atoms with Gasteiger partial charge in [-0.1, -0.05) is 24.3 Å². The normalized spacial score (nSPS) is 14.1. The number of phenols is 1. The molecule has 0 amide bonds. The van der Waals surface area contributed by atoms with Crippen LogP contribution in [0.15, 0.2) is 30.3 Å². The van der Waals surface area contributed by atoms with Crippen LogP contribution in [-0.2, 0) is 9.36 Å². The van der Waals surface area contributed by atoms with E-state index in [4.69, 9.17) is 35.2 Å². The van der Waals surface area contributed by atoms with Crippen LogP contribution in [0.25, 0.3) is 6.08 Å². The number of phenolic OH excluding ortho intramolecular Hbond substituents is 1. The third-order valence-electron chi connectivity index (χ3n) is 2.23. The van der Waals surface area contributed by atoms with E-state index in [0.29, 0.717) is 0 Å². The number of nitrogens with two attached hydrogens (primary N) is 1. The van der Waals surface area contributed by atoms with Crippen molar-refractivity contribution in [1.82, 2.24) is 0 Å². The molecule has 0 heterocycles. The van der Waals surface area contributed by atoms with Crippen LogP contribution in [0.4, 0.5) is 0 Å². The van der Waals surface area contributed by atoms with Gasteiger partial charge in [0.25, 0.3) is 0 Å². The highest BCUT2D eigenvalue weighted by Gasteiger charge is 2.25. The third kappa shape index (κ3) is 10.7. The summed E-state index contributed by atoms with van der Waals surface area (Å²) in [4.78, 5) is 32.3.